The standard InChI is InChI=1S/C29H34N4O2S/c1-16-11-21-7-8-22-15-29(16,33(21)22)14-17-3-4-19-13-20(6-5-18(19)12-17)31-27(34)26-25(30)23-9-10-24(35-2)32-28(23)36-26/h3-4,9-10,12,16,20-22H,5-8,11,13-15,30H2,1-2H3,(H,31,34)/t16?,20-,21?,22?,29?/m1/s1. The van der Waals surface area contributed by atoms with E-state index >= 15 is 0 Å². The van der Waals surface area contributed by atoms with E-state index in [-0.39, 0.29) is 11.9 Å². The lowest BCUT2D eigenvalue weighted by atomic mass is 9.69. The van der Waals surface area contributed by atoms with E-state index in [0.717, 1.165) is 47.5 Å². The Hall–Kier alpha value is -2.64. The minimum absolute atomic E-state index is 0.103. The van der Waals surface area contributed by atoms with E-state index in [1.54, 1.807) is 13.2 Å². The number of nitrogens with one attached hydrogen (secondary N) is 1. The molecule has 0 bridgehead atoms. The smallest absolute Gasteiger partial charge is 0.263 e. The van der Waals surface area contributed by atoms with Crippen molar-refractivity contribution in [3.05, 3.63) is 51.9 Å². The van der Waals surface area contributed by atoms with Crippen LogP contribution < -0.4 is 15.8 Å². The minimum Gasteiger partial charge on any atom is -0.481 e. The number of aryl methyl sites for hydroxylation is 1. The number of benzene rings is 1. The molecular weight excluding hydrogens is 468 g/mol. The number of rotatable bonds is 5. The highest BCUT2D eigenvalue weighted by atomic mass is 32.1. The number of ether oxygens (including phenoxy) is 1. The number of nitrogen functional groups attached to an aromatic ring is 1. The topological polar surface area (TPSA) is 80.5 Å². The van der Waals surface area contributed by atoms with Gasteiger partial charge in [-0.3, -0.25) is 9.69 Å². The van der Waals surface area contributed by atoms with E-state index in [2.05, 4.69) is 40.3 Å². The molecule has 1 aliphatic carbocycles. The first-order chi connectivity index (χ1) is 17.4. The van der Waals surface area contributed by atoms with E-state index in [4.69, 9.17) is 10.5 Å². The molecule has 6 nitrogen and oxygen atoms in total. The lowest BCUT2D eigenvalue weighted by Gasteiger charge is -2.56. The number of pyridine rings is 1. The van der Waals surface area contributed by atoms with Gasteiger partial charge in [0.15, 0.2) is 0 Å². The molecule has 1 amide bonds. The zero-order valence-electron chi connectivity index (χ0n) is 21.0. The largest absolute Gasteiger partial charge is 0.481 e. The number of thiophene rings is 1. The normalized spacial score (nSPS) is 30.6. The SMILES string of the molecule is COc1ccc2c(N)c(C(=O)N[C@@H]3CCc4cc(CC56CC7CCC(CC5C)N76)ccc4C3)sc2n1. The fourth-order valence-electron chi connectivity index (χ4n) is 7.85. The number of hydrogen-bond acceptors (Lipinski definition) is 6. The second-order valence-corrected chi connectivity index (χ2v) is 12.5. The van der Waals surface area contributed by atoms with E-state index in [0.29, 0.717) is 22.0 Å². The van der Waals surface area contributed by atoms with Crippen LogP contribution in [0.5, 0.6) is 5.88 Å². The minimum atomic E-state index is -0.103. The summed E-state index contributed by atoms with van der Waals surface area (Å²) in [6.07, 6.45) is 9.62. The highest BCUT2D eigenvalue weighted by molar-refractivity contribution is 7.21. The number of nitrogens with zero attached hydrogens (tertiary/aromatic N) is 2. The van der Waals surface area contributed by atoms with Gasteiger partial charge in [0.05, 0.1) is 12.8 Å². The van der Waals surface area contributed by atoms with Crippen molar-refractivity contribution in [2.45, 2.75) is 82.0 Å². The van der Waals surface area contributed by atoms with Crippen LogP contribution in [-0.4, -0.2) is 46.6 Å². The molecule has 0 spiro atoms. The lowest BCUT2D eigenvalue weighted by molar-refractivity contribution is -0.0521. The first kappa shape index (κ1) is 22.5. The number of aromatic nitrogens is 1. The monoisotopic (exact) mass is 502 g/mol. The van der Waals surface area contributed by atoms with Gasteiger partial charge in [0, 0.05) is 35.1 Å². The summed E-state index contributed by atoms with van der Waals surface area (Å²) in [5.74, 6) is 1.22. The number of amides is 1. The van der Waals surface area contributed by atoms with Crippen LogP contribution in [0.4, 0.5) is 5.69 Å². The van der Waals surface area contributed by atoms with Crippen molar-refractivity contribution in [3.8, 4) is 5.88 Å². The molecular formula is C29H34N4O2S. The van der Waals surface area contributed by atoms with Gasteiger partial charge in [0.25, 0.3) is 5.91 Å². The number of hydrogen-bond donors (Lipinski definition) is 2. The van der Waals surface area contributed by atoms with Crippen LogP contribution in [0.2, 0.25) is 0 Å². The molecule has 1 aromatic carbocycles. The zero-order valence-corrected chi connectivity index (χ0v) is 21.9. The van der Waals surface area contributed by atoms with Crippen LogP contribution in [-0.2, 0) is 19.3 Å². The van der Waals surface area contributed by atoms with Gasteiger partial charge in [-0.05, 0) is 80.0 Å². The lowest BCUT2D eigenvalue weighted by Crippen LogP contribution is -2.64. The molecule has 0 radical (unpaired) electrons. The van der Waals surface area contributed by atoms with Gasteiger partial charge in [-0.15, -0.1) is 11.3 Å². The molecule has 188 valence electrons. The molecule has 5 heterocycles. The summed E-state index contributed by atoms with van der Waals surface area (Å²) in [4.78, 5) is 21.7. The Bertz CT molecular complexity index is 1370. The molecule has 3 saturated heterocycles. The fourth-order valence-corrected chi connectivity index (χ4v) is 8.84. The second-order valence-electron chi connectivity index (χ2n) is 11.5. The molecule has 3 N–H and O–H groups in total. The third-order valence-corrected chi connectivity index (χ3v) is 10.7. The summed E-state index contributed by atoms with van der Waals surface area (Å²) < 4.78 is 5.22. The van der Waals surface area contributed by atoms with Crippen molar-refractivity contribution >= 4 is 33.1 Å². The molecule has 4 unspecified atom stereocenters. The first-order valence-electron chi connectivity index (χ1n) is 13.4. The molecule has 3 fully saturated rings. The number of fused-ring (bicyclic) bond motifs is 2. The van der Waals surface area contributed by atoms with Crippen molar-refractivity contribution in [1.29, 1.82) is 0 Å². The van der Waals surface area contributed by atoms with Crippen LogP contribution in [0.1, 0.15) is 65.4 Å². The van der Waals surface area contributed by atoms with Crippen molar-refractivity contribution in [2.24, 2.45) is 5.92 Å². The Morgan fingerprint density at radius 3 is 2.94 bits per heavy atom. The molecule has 0 saturated carbocycles. The predicted octanol–water partition coefficient (Wildman–Crippen LogP) is 4.73. The van der Waals surface area contributed by atoms with E-state index in [1.165, 1.54) is 60.1 Å². The Morgan fingerprint density at radius 1 is 1.22 bits per heavy atom. The highest BCUT2D eigenvalue weighted by Crippen LogP contribution is 2.58. The quantitative estimate of drug-likeness (QED) is 0.527. The maximum absolute atomic E-state index is 13.1. The highest BCUT2D eigenvalue weighted by Gasteiger charge is 2.63. The Balaban J connectivity index is 1.04. The molecule has 4 aliphatic rings. The van der Waals surface area contributed by atoms with Gasteiger partial charge in [0.1, 0.15) is 9.71 Å². The Labute approximate surface area is 216 Å². The van der Waals surface area contributed by atoms with Crippen molar-refractivity contribution in [1.82, 2.24) is 15.2 Å². The zero-order chi connectivity index (χ0) is 24.6. The predicted molar refractivity (Wildman–Crippen MR) is 144 cm³/mol. The van der Waals surface area contributed by atoms with E-state index < -0.39 is 0 Å². The average Bonchev–Trinajstić information content (AvgIpc) is 3.44. The third kappa shape index (κ3) is 3.32. The number of carbonyl (C=O) groups is 1. The van der Waals surface area contributed by atoms with Crippen LogP contribution in [0.25, 0.3) is 10.2 Å². The Morgan fingerprint density at radius 2 is 2.08 bits per heavy atom. The summed E-state index contributed by atoms with van der Waals surface area (Å²) in [5.41, 5.74) is 11.6. The number of nitrogens with two attached hydrogens (primary N) is 1. The summed E-state index contributed by atoms with van der Waals surface area (Å²) in [7, 11) is 1.59. The summed E-state index contributed by atoms with van der Waals surface area (Å²) >= 11 is 1.33. The van der Waals surface area contributed by atoms with Crippen molar-refractivity contribution in [2.75, 3.05) is 12.8 Å². The second kappa shape index (κ2) is 8.18. The maximum atomic E-state index is 13.1. The van der Waals surface area contributed by atoms with Gasteiger partial charge >= 0.3 is 0 Å². The van der Waals surface area contributed by atoms with Gasteiger partial charge in [-0.1, -0.05) is 25.1 Å². The first-order valence-corrected chi connectivity index (χ1v) is 14.2. The van der Waals surface area contributed by atoms with Gasteiger partial charge < -0.3 is 15.8 Å². The molecule has 36 heavy (non-hydrogen) atoms. The van der Waals surface area contributed by atoms with Crippen LogP contribution in [0.15, 0.2) is 30.3 Å². The average molecular weight is 503 g/mol. The van der Waals surface area contributed by atoms with E-state index in [1.807, 2.05) is 6.07 Å². The molecule has 2 aromatic heterocycles. The molecule has 7 heteroatoms. The maximum Gasteiger partial charge on any atom is 0.263 e. The van der Waals surface area contributed by atoms with Crippen LogP contribution in [0, 0.1) is 5.92 Å². The van der Waals surface area contributed by atoms with Gasteiger partial charge in [-0.2, -0.15) is 0 Å². The van der Waals surface area contributed by atoms with Crippen LogP contribution >= 0.6 is 11.3 Å². The van der Waals surface area contributed by atoms with E-state index in [9.17, 15) is 4.79 Å². The summed E-state index contributed by atoms with van der Waals surface area (Å²) in [5, 5.41) is 4.06. The number of methoxy groups -OCH3 is 1. The number of anilines is 1. The third-order valence-electron chi connectivity index (χ3n) is 9.59. The van der Waals surface area contributed by atoms with Gasteiger partial charge in [-0.25, -0.2) is 4.98 Å². The number of carbonyl (C=O) groups excluding carboxylic acids is 1. The Kier molecular flexibility index (Phi) is 5.13. The van der Waals surface area contributed by atoms with Crippen LogP contribution in [0.3, 0.4) is 0 Å². The van der Waals surface area contributed by atoms with Crippen molar-refractivity contribution in [3.63, 3.8) is 0 Å². The molecule has 3 aromatic rings. The van der Waals surface area contributed by atoms with Gasteiger partial charge in [0.2, 0.25) is 5.88 Å². The molecule has 3 aliphatic heterocycles. The summed E-state index contributed by atoms with van der Waals surface area (Å²) in [6, 6.07) is 12.6. The molecule has 5 atom stereocenters. The molecule has 7 rings (SSSR count). The fraction of sp³-hybridized carbons (Fsp3) is 0.517. The van der Waals surface area contributed by atoms with Crippen molar-refractivity contribution < 1.29 is 9.53 Å². The summed E-state index contributed by atoms with van der Waals surface area (Å²) in [6.45, 7) is 2.48.